The fourth-order valence-electron chi connectivity index (χ4n) is 3.71. The molecule has 9 heteroatoms. The van der Waals surface area contributed by atoms with Gasteiger partial charge in [0.05, 0.1) is 17.3 Å². The Morgan fingerprint density at radius 2 is 1.84 bits per heavy atom. The van der Waals surface area contributed by atoms with E-state index in [0.717, 1.165) is 12.1 Å². The number of anilines is 1. The second-order valence-corrected chi connectivity index (χ2v) is 7.80. The van der Waals surface area contributed by atoms with Crippen molar-refractivity contribution in [1.29, 1.82) is 0 Å². The number of amides is 1. The molecule has 0 saturated carbocycles. The Hall–Kier alpha value is -3.20. The molecule has 31 heavy (non-hydrogen) atoms. The molecule has 2 aromatic rings. The van der Waals surface area contributed by atoms with Crippen LogP contribution in [0.15, 0.2) is 47.7 Å². The molecule has 0 fully saturated rings. The summed E-state index contributed by atoms with van der Waals surface area (Å²) in [7, 11) is 3.23. The molecule has 0 aliphatic carbocycles. The molecule has 0 radical (unpaired) electrons. The van der Waals surface area contributed by atoms with Crippen molar-refractivity contribution in [3.8, 4) is 11.5 Å². The normalized spacial score (nSPS) is 18.0. The summed E-state index contributed by atoms with van der Waals surface area (Å²) in [6.45, 7) is 2.65. The zero-order chi connectivity index (χ0) is 22.3. The number of hydrogen-bond donors (Lipinski definition) is 1. The van der Waals surface area contributed by atoms with Crippen LogP contribution in [0.2, 0.25) is 0 Å². The highest BCUT2D eigenvalue weighted by Gasteiger charge is 2.36. The fraction of sp³-hybridized carbons (Fsp3) is 0.273. The maximum Gasteiger partial charge on any atom is 0.253 e. The lowest BCUT2D eigenvalue weighted by Gasteiger charge is -2.38. The van der Waals surface area contributed by atoms with Gasteiger partial charge in [0.15, 0.2) is 16.6 Å². The lowest BCUT2D eigenvalue weighted by atomic mass is 9.93. The summed E-state index contributed by atoms with van der Waals surface area (Å²) in [5.41, 5.74) is 1.64. The van der Waals surface area contributed by atoms with Crippen LogP contribution in [0.5, 0.6) is 11.5 Å². The molecule has 1 unspecified atom stereocenters. The maximum atomic E-state index is 14.6. The van der Waals surface area contributed by atoms with E-state index in [9.17, 15) is 13.6 Å². The first-order valence-electron chi connectivity index (χ1n) is 9.65. The Kier molecular flexibility index (Phi) is 5.53. The zero-order valence-electron chi connectivity index (χ0n) is 17.2. The predicted molar refractivity (Wildman–Crippen MR) is 116 cm³/mol. The number of allylic oxidation sites excluding steroid dienone is 1. The molecule has 0 bridgehead atoms. The molecule has 2 aliphatic heterocycles. The number of nitrogens with one attached hydrogen (secondary N) is 1. The Morgan fingerprint density at radius 3 is 2.52 bits per heavy atom. The van der Waals surface area contributed by atoms with E-state index in [1.54, 1.807) is 38.1 Å². The molecular formula is C22H21F2N3O3S. The van der Waals surface area contributed by atoms with Crippen LogP contribution in [0.1, 0.15) is 18.5 Å². The number of nitrogens with zero attached hydrogens (tertiary/aromatic N) is 2. The largest absolute Gasteiger partial charge is 0.486 e. The Labute approximate surface area is 184 Å². The number of hydrogen-bond acceptors (Lipinski definition) is 4. The van der Waals surface area contributed by atoms with Crippen molar-refractivity contribution >= 4 is 28.9 Å². The molecule has 1 amide bonds. The molecule has 2 aliphatic rings. The van der Waals surface area contributed by atoms with E-state index in [1.165, 1.54) is 11.0 Å². The monoisotopic (exact) mass is 445 g/mol. The van der Waals surface area contributed by atoms with Crippen LogP contribution in [-0.2, 0) is 4.79 Å². The average molecular weight is 445 g/mol. The third-order valence-electron chi connectivity index (χ3n) is 5.18. The molecule has 0 spiro atoms. The van der Waals surface area contributed by atoms with E-state index >= 15 is 0 Å². The lowest BCUT2D eigenvalue weighted by Crippen LogP contribution is -2.49. The van der Waals surface area contributed by atoms with Crippen molar-refractivity contribution in [1.82, 2.24) is 10.2 Å². The minimum atomic E-state index is -0.864. The third kappa shape index (κ3) is 3.81. The molecule has 162 valence electrons. The van der Waals surface area contributed by atoms with Crippen molar-refractivity contribution in [2.45, 2.75) is 13.0 Å². The lowest BCUT2D eigenvalue weighted by molar-refractivity contribution is -0.125. The van der Waals surface area contributed by atoms with Gasteiger partial charge in [0.1, 0.15) is 24.8 Å². The van der Waals surface area contributed by atoms with Gasteiger partial charge < -0.3 is 19.7 Å². The van der Waals surface area contributed by atoms with Gasteiger partial charge in [0.2, 0.25) is 0 Å². The second-order valence-electron chi connectivity index (χ2n) is 7.41. The highest BCUT2D eigenvalue weighted by Crippen LogP contribution is 2.39. The molecule has 6 nitrogen and oxygen atoms in total. The van der Waals surface area contributed by atoms with E-state index in [0.29, 0.717) is 41.7 Å². The van der Waals surface area contributed by atoms with Crippen molar-refractivity contribution in [3.05, 3.63) is 64.9 Å². The van der Waals surface area contributed by atoms with Gasteiger partial charge in [-0.2, -0.15) is 0 Å². The Bertz CT molecular complexity index is 1100. The van der Waals surface area contributed by atoms with Crippen molar-refractivity contribution in [2.75, 3.05) is 32.2 Å². The fourth-order valence-corrected chi connectivity index (χ4v) is 4.07. The molecule has 1 N–H and O–H groups in total. The first-order chi connectivity index (χ1) is 14.8. The summed E-state index contributed by atoms with van der Waals surface area (Å²) in [4.78, 5) is 16.2. The van der Waals surface area contributed by atoms with E-state index in [4.69, 9.17) is 21.7 Å². The molecular weight excluding hydrogens is 424 g/mol. The van der Waals surface area contributed by atoms with E-state index in [2.05, 4.69) is 5.32 Å². The summed E-state index contributed by atoms with van der Waals surface area (Å²) >= 11 is 5.58. The number of likely N-dealkylation sites (N-methyl/N-ethyl adjacent to an activating group) is 1. The first-order valence-corrected chi connectivity index (χ1v) is 10.1. The molecule has 2 aromatic carbocycles. The number of fused-ring (bicyclic) bond motifs is 1. The van der Waals surface area contributed by atoms with Gasteiger partial charge in [-0.05, 0) is 37.3 Å². The van der Waals surface area contributed by atoms with Crippen LogP contribution < -0.4 is 19.7 Å². The van der Waals surface area contributed by atoms with Gasteiger partial charge in [-0.1, -0.05) is 6.07 Å². The average Bonchev–Trinajstić information content (AvgIpc) is 2.73. The Morgan fingerprint density at radius 1 is 1.13 bits per heavy atom. The van der Waals surface area contributed by atoms with Gasteiger partial charge in [-0.3, -0.25) is 9.69 Å². The van der Waals surface area contributed by atoms with Crippen LogP contribution in [0, 0.1) is 11.6 Å². The second kappa shape index (κ2) is 8.14. The van der Waals surface area contributed by atoms with Gasteiger partial charge >= 0.3 is 0 Å². The van der Waals surface area contributed by atoms with E-state index in [1.807, 2.05) is 6.07 Å². The highest BCUT2D eigenvalue weighted by atomic mass is 32.1. The number of ether oxygens (including phenoxy) is 2. The van der Waals surface area contributed by atoms with Crippen molar-refractivity contribution in [2.24, 2.45) is 0 Å². The minimum absolute atomic E-state index is 0.134. The van der Waals surface area contributed by atoms with Crippen LogP contribution in [0.4, 0.5) is 14.5 Å². The quantitative estimate of drug-likeness (QED) is 0.730. The SMILES string of the molecule is CC1=C(C(=O)N(C)C)C(c2ccc(F)cc2F)NC(=S)N1c1ccc2c(c1)OCCO2. The summed E-state index contributed by atoms with van der Waals surface area (Å²) < 4.78 is 39.3. The topological polar surface area (TPSA) is 54.0 Å². The van der Waals surface area contributed by atoms with Gasteiger partial charge in [0.25, 0.3) is 5.91 Å². The summed E-state index contributed by atoms with van der Waals surface area (Å²) in [5.74, 6) is -0.567. The standard InChI is InChI=1S/C22H21F2N3O3S/c1-12-19(21(28)26(2)3)20(15-6-4-13(23)10-16(15)24)25-22(31)27(12)14-5-7-17-18(11-14)30-9-8-29-17/h4-7,10-11,20H,8-9H2,1-3H3,(H,25,31). The number of thiocarbonyl (C=S) groups is 1. The molecule has 0 aromatic heterocycles. The van der Waals surface area contributed by atoms with Crippen molar-refractivity contribution in [3.63, 3.8) is 0 Å². The van der Waals surface area contributed by atoms with Crippen LogP contribution >= 0.6 is 12.2 Å². The van der Waals surface area contributed by atoms with Gasteiger partial charge in [-0.15, -0.1) is 0 Å². The smallest absolute Gasteiger partial charge is 0.253 e. The third-order valence-corrected chi connectivity index (χ3v) is 5.48. The minimum Gasteiger partial charge on any atom is -0.486 e. The zero-order valence-corrected chi connectivity index (χ0v) is 18.1. The molecule has 4 rings (SSSR count). The summed E-state index contributed by atoms with van der Waals surface area (Å²) in [5, 5.41) is 3.33. The van der Waals surface area contributed by atoms with Gasteiger partial charge in [-0.25, -0.2) is 8.78 Å². The number of halogens is 2. The van der Waals surface area contributed by atoms with Crippen LogP contribution in [0.25, 0.3) is 0 Å². The Balaban J connectivity index is 1.84. The number of carbonyl (C=O) groups is 1. The highest BCUT2D eigenvalue weighted by molar-refractivity contribution is 7.80. The van der Waals surface area contributed by atoms with E-state index in [-0.39, 0.29) is 16.6 Å². The van der Waals surface area contributed by atoms with Crippen LogP contribution in [0.3, 0.4) is 0 Å². The van der Waals surface area contributed by atoms with E-state index < -0.39 is 17.7 Å². The first kappa shape index (κ1) is 21.0. The van der Waals surface area contributed by atoms with Crippen LogP contribution in [-0.4, -0.2) is 43.2 Å². The number of benzene rings is 2. The molecule has 0 saturated heterocycles. The summed E-state index contributed by atoms with van der Waals surface area (Å²) in [6, 6.07) is 7.77. The summed E-state index contributed by atoms with van der Waals surface area (Å²) in [6.07, 6.45) is 0. The molecule has 1 atom stereocenters. The maximum absolute atomic E-state index is 14.6. The van der Waals surface area contributed by atoms with Crippen molar-refractivity contribution < 1.29 is 23.0 Å². The van der Waals surface area contributed by atoms with Gasteiger partial charge in [0, 0.05) is 37.5 Å². The predicted octanol–water partition coefficient (Wildman–Crippen LogP) is 3.53. The number of carbonyl (C=O) groups excluding carboxylic acids is 1. The number of rotatable bonds is 3. The molecule has 2 heterocycles.